The smallest absolute Gasteiger partial charge is 0.265 e. The van der Waals surface area contributed by atoms with Crippen molar-refractivity contribution in [2.45, 2.75) is 13.8 Å². The molecule has 0 saturated heterocycles. The predicted molar refractivity (Wildman–Crippen MR) is 99.6 cm³/mol. The molecular formula is C20H21N4O+. The van der Waals surface area contributed by atoms with Crippen LogP contribution >= 0.6 is 0 Å². The summed E-state index contributed by atoms with van der Waals surface area (Å²) >= 11 is 0. The van der Waals surface area contributed by atoms with Crippen LogP contribution in [-0.2, 0) is 0 Å². The van der Waals surface area contributed by atoms with Crippen LogP contribution in [0.5, 0.6) is 5.75 Å². The second kappa shape index (κ2) is 5.95. The third-order valence-corrected chi connectivity index (χ3v) is 4.29. The van der Waals surface area contributed by atoms with Crippen LogP contribution < -0.4 is 10.6 Å². The van der Waals surface area contributed by atoms with Crippen molar-refractivity contribution in [1.82, 2.24) is 0 Å². The average molecular weight is 333 g/mol. The van der Waals surface area contributed by atoms with E-state index in [0.29, 0.717) is 12.5 Å². The van der Waals surface area contributed by atoms with E-state index in [4.69, 9.17) is 15.6 Å². The maximum absolute atomic E-state index is 6.70. The average Bonchev–Trinajstić information content (AvgIpc) is 2.85. The number of amidine groups is 1. The van der Waals surface area contributed by atoms with Crippen LogP contribution in [0, 0.1) is 5.92 Å². The highest BCUT2D eigenvalue weighted by Crippen LogP contribution is 2.36. The molecule has 1 atom stereocenters. The number of aliphatic imine (C=N–C) groups is 2. The van der Waals surface area contributed by atoms with E-state index in [-0.39, 0.29) is 4.59 Å². The summed E-state index contributed by atoms with van der Waals surface area (Å²) in [6.07, 6.45) is 11.4. The minimum absolute atomic E-state index is 0.0254. The molecule has 1 aliphatic carbocycles. The Morgan fingerprint density at radius 1 is 1.28 bits per heavy atom. The molecule has 2 N–H and O–H groups in total. The first-order valence-electron chi connectivity index (χ1n) is 8.42. The summed E-state index contributed by atoms with van der Waals surface area (Å²) in [5.74, 6) is 8.76. The van der Waals surface area contributed by atoms with Crippen LogP contribution in [0.4, 0.5) is 0 Å². The van der Waals surface area contributed by atoms with E-state index < -0.39 is 0 Å². The maximum atomic E-state index is 6.70. The van der Waals surface area contributed by atoms with Gasteiger partial charge in [0, 0.05) is 5.57 Å². The molecule has 0 radical (unpaired) electrons. The van der Waals surface area contributed by atoms with Gasteiger partial charge >= 0.3 is 0 Å². The quantitative estimate of drug-likeness (QED) is 0.663. The fraction of sp³-hybridized carbons (Fsp3) is 0.200. The molecule has 25 heavy (non-hydrogen) atoms. The molecule has 0 amide bonds. The number of hydrogen-bond donors (Lipinski definition) is 1. The zero-order valence-corrected chi connectivity index (χ0v) is 14.4. The highest BCUT2D eigenvalue weighted by Gasteiger charge is 2.44. The van der Waals surface area contributed by atoms with Crippen LogP contribution in [-0.4, -0.2) is 23.2 Å². The Morgan fingerprint density at radius 3 is 2.84 bits per heavy atom. The van der Waals surface area contributed by atoms with Gasteiger partial charge in [0.2, 0.25) is 5.70 Å². The lowest BCUT2D eigenvalue weighted by Gasteiger charge is -2.26. The number of quaternary nitrogens is 1. The zero-order chi connectivity index (χ0) is 17.4. The SMILES string of the molecule is CC(C)COc1cccc(C2=NC(C3=CC=C3)=C3C=NC=C[N+]23N)c1. The first-order valence-corrected chi connectivity index (χ1v) is 8.42. The Morgan fingerprint density at radius 2 is 2.12 bits per heavy atom. The van der Waals surface area contributed by atoms with Gasteiger partial charge in [-0.25, -0.2) is 0 Å². The number of rotatable bonds is 5. The van der Waals surface area contributed by atoms with Gasteiger partial charge in [-0.1, -0.05) is 38.1 Å². The maximum Gasteiger partial charge on any atom is 0.265 e. The molecule has 0 spiro atoms. The largest absolute Gasteiger partial charge is 0.493 e. The minimum Gasteiger partial charge on any atom is -0.493 e. The summed E-state index contributed by atoms with van der Waals surface area (Å²) in [6.45, 7) is 4.94. The van der Waals surface area contributed by atoms with Gasteiger partial charge in [-0.15, -0.1) is 4.59 Å². The fourth-order valence-corrected chi connectivity index (χ4v) is 2.93. The van der Waals surface area contributed by atoms with Crippen molar-refractivity contribution < 1.29 is 9.33 Å². The number of hydrogen-bond acceptors (Lipinski definition) is 4. The van der Waals surface area contributed by atoms with Crippen LogP contribution in [0.25, 0.3) is 0 Å². The summed E-state index contributed by atoms with van der Waals surface area (Å²) < 4.78 is 5.89. The van der Waals surface area contributed by atoms with Crippen molar-refractivity contribution in [2.75, 3.05) is 6.61 Å². The molecule has 0 saturated carbocycles. The zero-order valence-electron chi connectivity index (χ0n) is 14.4. The summed E-state index contributed by atoms with van der Waals surface area (Å²) in [5.41, 5.74) is 3.77. The summed E-state index contributed by atoms with van der Waals surface area (Å²) in [6, 6.07) is 7.95. The molecular weight excluding hydrogens is 312 g/mol. The topological polar surface area (TPSA) is 60.0 Å². The Balaban J connectivity index is 1.72. The monoisotopic (exact) mass is 333 g/mol. The first-order chi connectivity index (χ1) is 12.1. The lowest BCUT2D eigenvalue weighted by atomic mass is 10.0. The van der Waals surface area contributed by atoms with Crippen LogP contribution in [0.2, 0.25) is 0 Å². The molecule has 1 aromatic rings. The normalized spacial score (nSPS) is 23.5. The summed E-state index contributed by atoms with van der Waals surface area (Å²) in [4.78, 5) is 9.10. The fourth-order valence-electron chi connectivity index (χ4n) is 2.93. The Kier molecular flexibility index (Phi) is 3.75. The van der Waals surface area contributed by atoms with Crippen molar-refractivity contribution in [3.63, 3.8) is 0 Å². The number of allylic oxidation sites excluding steroid dienone is 4. The van der Waals surface area contributed by atoms with E-state index >= 15 is 0 Å². The van der Waals surface area contributed by atoms with E-state index in [1.165, 1.54) is 0 Å². The van der Waals surface area contributed by atoms with Gasteiger partial charge in [-0.05, 0) is 24.1 Å². The third kappa shape index (κ3) is 2.67. The molecule has 1 aromatic carbocycles. The van der Waals surface area contributed by atoms with Crippen molar-refractivity contribution in [3.8, 4) is 5.75 Å². The molecule has 1 unspecified atom stereocenters. The standard InChI is InChI=1S/C20H21N4O/c1-14(2)13-25-17-8-4-7-16(11-17)20-23-19(15-5-3-6-15)18-12-22-9-10-24(18,20)21/h3-12,14H,13,21H2,1-2H3/q+1. The van der Waals surface area contributed by atoms with Gasteiger partial charge in [0.05, 0.1) is 24.6 Å². The third-order valence-electron chi connectivity index (χ3n) is 4.29. The molecule has 5 heteroatoms. The molecule has 4 rings (SSSR count). The lowest BCUT2D eigenvalue weighted by Crippen LogP contribution is -2.53. The van der Waals surface area contributed by atoms with Gasteiger partial charge in [-0.3, -0.25) is 4.99 Å². The molecule has 126 valence electrons. The van der Waals surface area contributed by atoms with Crippen LogP contribution in [0.3, 0.4) is 0 Å². The minimum atomic E-state index is 0.0254. The molecule has 0 bridgehead atoms. The first kappa shape index (κ1) is 15.7. The van der Waals surface area contributed by atoms with Gasteiger partial charge in [0.1, 0.15) is 17.6 Å². The lowest BCUT2D eigenvalue weighted by molar-refractivity contribution is -0.750. The molecule has 2 aliphatic heterocycles. The summed E-state index contributed by atoms with van der Waals surface area (Å²) in [5, 5.41) is 0. The van der Waals surface area contributed by atoms with E-state index in [9.17, 15) is 0 Å². The van der Waals surface area contributed by atoms with Crippen LogP contribution in [0.1, 0.15) is 19.4 Å². The molecule has 0 fully saturated rings. The van der Waals surface area contributed by atoms with E-state index in [1.807, 2.05) is 48.7 Å². The number of ether oxygens (including phenoxy) is 1. The van der Waals surface area contributed by atoms with Gasteiger partial charge < -0.3 is 4.74 Å². The number of benzene rings is 1. The van der Waals surface area contributed by atoms with Crippen molar-refractivity contribution in [1.29, 1.82) is 0 Å². The highest BCUT2D eigenvalue weighted by molar-refractivity contribution is 6.01. The Labute approximate surface area is 147 Å². The number of nitrogens with two attached hydrogens (primary N) is 1. The molecule has 0 aromatic heterocycles. The van der Waals surface area contributed by atoms with Crippen molar-refractivity contribution >= 4 is 12.1 Å². The Hall–Kier alpha value is -2.76. The molecule has 2 heterocycles. The Bertz CT molecular complexity index is 902. The predicted octanol–water partition coefficient (Wildman–Crippen LogP) is 3.44. The van der Waals surface area contributed by atoms with Crippen LogP contribution in [0.15, 0.2) is 81.8 Å². The molecule has 5 nitrogen and oxygen atoms in total. The summed E-state index contributed by atoms with van der Waals surface area (Å²) in [7, 11) is 0. The van der Waals surface area contributed by atoms with E-state index in [0.717, 1.165) is 34.1 Å². The van der Waals surface area contributed by atoms with E-state index in [1.54, 1.807) is 12.4 Å². The van der Waals surface area contributed by atoms with E-state index in [2.05, 4.69) is 18.8 Å². The molecule has 3 aliphatic rings. The van der Waals surface area contributed by atoms with Gasteiger partial charge in [0.25, 0.3) is 5.84 Å². The highest BCUT2D eigenvalue weighted by atomic mass is 16.5. The van der Waals surface area contributed by atoms with Crippen molar-refractivity contribution in [2.24, 2.45) is 21.7 Å². The number of fused-ring (bicyclic) bond motifs is 1. The second-order valence-corrected chi connectivity index (χ2v) is 6.74. The second-order valence-electron chi connectivity index (χ2n) is 6.74. The number of nitrogens with zero attached hydrogens (tertiary/aromatic N) is 3. The van der Waals surface area contributed by atoms with Gasteiger partial charge in [-0.2, -0.15) is 10.8 Å². The van der Waals surface area contributed by atoms with Crippen molar-refractivity contribution in [3.05, 3.63) is 77.4 Å². The van der Waals surface area contributed by atoms with Gasteiger partial charge in [0.15, 0.2) is 0 Å².